The van der Waals surface area contributed by atoms with Crippen LogP contribution >= 0.6 is 0 Å². The Hall–Kier alpha value is -1.24. The zero-order valence-corrected chi connectivity index (χ0v) is 9.42. The first-order valence-electron chi connectivity index (χ1n) is 5.42. The summed E-state index contributed by atoms with van der Waals surface area (Å²) in [6, 6.07) is -0.0206. The predicted octanol–water partition coefficient (Wildman–Crippen LogP) is 1.93. The Kier molecular flexibility index (Phi) is 3.28. The zero-order valence-electron chi connectivity index (χ0n) is 9.42. The Bertz CT molecular complexity index is 373. The summed E-state index contributed by atoms with van der Waals surface area (Å²) in [6.45, 7) is -0.523. The van der Waals surface area contributed by atoms with Crippen molar-refractivity contribution in [1.82, 2.24) is 10.3 Å². The lowest BCUT2D eigenvalue weighted by atomic mass is 10.5. The molecule has 0 aromatic carbocycles. The summed E-state index contributed by atoms with van der Waals surface area (Å²) in [6.07, 6.45) is -1.32. The third kappa shape index (κ3) is 3.36. The lowest BCUT2D eigenvalue weighted by molar-refractivity contribution is -0.120. The van der Waals surface area contributed by atoms with E-state index in [0.717, 1.165) is 12.8 Å². The molecule has 0 saturated heterocycles. The number of hydrogen-bond acceptors (Lipinski definition) is 4. The molecule has 2 rings (SSSR count). The Labute approximate surface area is 96.8 Å². The third-order valence-electron chi connectivity index (χ3n) is 2.48. The largest absolute Gasteiger partial charge is 0.432 e. The Morgan fingerprint density at radius 1 is 1.53 bits per heavy atom. The molecule has 0 aliphatic heterocycles. The van der Waals surface area contributed by atoms with Crippen LogP contribution in [0.3, 0.4) is 0 Å². The molecule has 1 aromatic rings. The number of nitrogens with one attached hydrogen (secondary N) is 1. The highest BCUT2D eigenvalue weighted by Crippen LogP contribution is 2.33. The van der Waals surface area contributed by atoms with Gasteiger partial charge in [-0.25, -0.2) is 0 Å². The number of rotatable bonds is 5. The van der Waals surface area contributed by atoms with Gasteiger partial charge in [-0.15, -0.1) is 0 Å². The maximum absolute atomic E-state index is 12.4. The van der Waals surface area contributed by atoms with Gasteiger partial charge in [0.05, 0.1) is 5.69 Å². The highest BCUT2D eigenvalue weighted by molar-refractivity contribution is 5.32. The van der Waals surface area contributed by atoms with Crippen molar-refractivity contribution in [3.63, 3.8) is 0 Å². The molecule has 0 bridgehead atoms. The van der Waals surface area contributed by atoms with Gasteiger partial charge in [0.25, 0.3) is 6.01 Å². The van der Waals surface area contributed by atoms with Crippen molar-refractivity contribution in [2.24, 2.45) is 0 Å². The van der Waals surface area contributed by atoms with Gasteiger partial charge in [-0.2, -0.15) is 18.2 Å². The van der Waals surface area contributed by atoms with Gasteiger partial charge >= 0.3 is 6.18 Å². The summed E-state index contributed by atoms with van der Waals surface area (Å²) in [5.74, 6) is 0. The minimum absolute atomic E-state index is 0.0649. The van der Waals surface area contributed by atoms with Crippen molar-refractivity contribution in [2.75, 3.05) is 18.5 Å². The van der Waals surface area contributed by atoms with Crippen LogP contribution in [0.15, 0.2) is 10.7 Å². The quantitative estimate of drug-likeness (QED) is 0.865. The van der Waals surface area contributed by atoms with E-state index in [1.807, 2.05) is 0 Å². The molecular weight excluding hydrogens is 235 g/mol. The summed E-state index contributed by atoms with van der Waals surface area (Å²) < 4.78 is 42.3. The molecular formula is C10H14F3N3O. The Balaban J connectivity index is 2.09. The molecule has 17 heavy (non-hydrogen) atoms. The van der Waals surface area contributed by atoms with Crippen molar-refractivity contribution in [3.05, 3.63) is 12.0 Å². The normalized spacial score (nSPS) is 16.2. The molecule has 96 valence electrons. The molecule has 1 aliphatic carbocycles. The van der Waals surface area contributed by atoms with Crippen LogP contribution in [0.4, 0.5) is 19.2 Å². The average Bonchev–Trinajstić information content (AvgIpc) is 2.95. The van der Waals surface area contributed by atoms with E-state index in [1.165, 1.54) is 11.2 Å². The lowest BCUT2D eigenvalue weighted by Gasteiger charge is -2.21. The molecule has 0 radical (unpaired) electrons. The first kappa shape index (κ1) is 12.2. The molecule has 7 heteroatoms. The van der Waals surface area contributed by atoms with Crippen LogP contribution in [0, 0.1) is 0 Å². The van der Waals surface area contributed by atoms with E-state index >= 15 is 0 Å². The minimum atomic E-state index is -4.24. The van der Waals surface area contributed by atoms with Crippen molar-refractivity contribution in [1.29, 1.82) is 0 Å². The highest BCUT2D eigenvalue weighted by Gasteiger charge is 2.40. The molecule has 0 atom stereocenters. The Morgan fingerprint density at radius 2 is 2.24 bits per heavy atom. The van der Waals surface area contributed by atoms with Crippen molar-refractivity contribution < 1.29 is 17.6 Å². The van der Waals surface area contributed by atoms with Crippen LogP contribution in [0.1, 0.15) is 18.5 Å². The lowest BCUT2D eigenvalue weighted by Crippen LogP contribution is -2.36. The molecule has 1 heterocycles. The SMILES string of the molecule is CNCc1coc(N(CC(F)(F)F)C2CC2)n1. The number of hydrogen-bond donors (Lipinski definition) is 1. The van der Waals surface area contributed by atoms with Crippen molar-refractivity contribution in [2.45, 2.75) is 31.6 Å². The summed E-state index contributed by atoms with van der Waals surface area (Å²) in [5.41, 5.74) is 0.607. The maximum Gasteiger partial charge on any atom is 0.406 e. The molecule has 0 amide bonds. The van der Waals surface area contributed by atoms with Gasteiger partial charge in [0.2, 0.25) is 0 Å². The van der Waals surface area contributed by atoms with Gasteiger partial charge < -0.3 is 14.6 Å². The van der Waals surface area contributed by atoms with Crippen molar-refractivity contribution >= 4 is 6.01 Å². The Morgan fingerprint density at radius 3 is 2.76 bits per heavy atom. The van der Waals surface area contributed by atoms with Gasteiger partial charge in [-0.3, -0.25) is 0 Å². The van der Waals surface area contributed by atoms with Crippen LogP contribution in [-0.2, 0) is 6.54 Å². The fourth-order valence-corrected chi connectivity index (χ4v) is 1.62. The average molecular weight is 249 g/mol. The van der Waals surface area contributed by atoms with E-state index in [-0.39, 0.29) is 12.1 Å². The fraction of sp³-hybridized carbons (Fsp3) is 0.700. The maximum atomic E-state index is 12.4. The topological polar surface area (TPSA) is 41.3 Å². The summed E-state index contributed by atoms with van der Waals surface area (Å²) in [4.78, 5) is 5.24. The second kappa shape index (κ2) is 4.56. The smallest absolute Gasteiger partial charge is 0.406 e. The number of anilines is 1. The molecule has 1 fully saturated rings. The number of aromatic nitrogens is 1. The van der Waals surface area contributed by atoms with Gasteiger partial charge in [0, 0.05) is 12.6 Å². The number of oxazole rings is 1. The molecule has 4 nitrogen and oxygen atoms in total. The van der Waals surface area contributed by atoms with Gasteiger partial charge in [-0.1, -0.05) is 0 Å². The van der Waals surface area contributed by atoms with E-state index in [1.54, 1.807) is 7.05 Å². The van der Waals surface area contributed by atoms with E-state index in [2.05, 4.69) is 10.3 Å². The van der Waals surface area contributed by atoms with Gasteiger partial charge in [0.1, 0.15) is 12.8 Å². The standard InChI is InChI=1S/C10H14F3N3O/c1-14-4-7-5-17-9(15-7)16(8-2-3-8)6-10(11,12)13/h5,8,14H,2-4,6H2,1H3. The van der Waals surface area contributed by atoms with E-state index in [4.69, 9.17) is 4.42 Å². The molecule has 0 unspecified atom stereocenters. The molecule has 1 aromatic heterocycles. The van der Waals surface area contributed by atoms with Crippen LogP contribution in [0.2, 0.25) is 0 Å². The second-order valence-corrected chi connectivity index (χ2v) is 4.13. The first-order valence-corrected chi connectivity index (χ1v) is 5.42. The molecule has 1 aliphatic rings. The minimum Gasteiger partial charge on any atom is -0.432 e. The molecule has 0 spiro atoms. The monoisotopic (exact) mass is 249 g/mol. The number of halogens is 3. The summed E-state index contributed by atoms with van der Waals surface area (Å²) in [5, 5.41) is 2.87. The summed E-state index contributed by atoms with van der Waals surface area (Å²) in [7, 11) is 1.74. The van der Waals surface area contributed by atoms with Crippen LogP contribution in [0.25, 0.3) is 0 Å². The van der Waals surface area contributed by atoms with E-state index < -0.39 is 12.7 Å². The van der Waals surface area contributed by atoms with Crippen LogP contribution < -0.4 is 10.2 Å². The highest BCUT2D eigenvalue weighted by atomic mass is 19.4. The molecule has 1 N–H and O–H groups in total. The number of nitrogens with zero attached hydrogens (tertiary/aromatic N) is 2. The van der Waals surface area contributed by atoms with E-state index in [0.29, 0.717) is 12.2 Å². The van der Waals surface area contributed by atoms with Gasteiger partial charge in [-0.05, 0) is 19.9 Å². The van der Waals surface area contributed by atoms with E-state index in [9.17, 15) is 13.2 Å². The van der Waals surface area contributed by atoms with Crippen LogP contribution in [-0.4, -0.2) is 30.8 Å². The summed E-state index contributed by atoms with van der Waals surface area (Å²) >= 11 is 0. The van der Waals surface area contributed by atoms with Crippen LogP contribution in [0.5, 0.6) is 0 Å². The zero-order chi connectivity index (χ0) is 12.5. The van der Waals surface area contributed by atoms with Gasteiger partial charge in [0.15, 0.2) is 0 Å². The molecule has 1 saturated carbocycles. The number of alkyl halides is 3. The van der Waals surface area contributed by atoms with Crippen molar-refractivity contribution in [3.8, 4) is 0 Å². The third-order valence-corrected chi connectivity index (χ3v) is 2.48. The first-order chi connectivity index (χ1) is 7.99. The predicted molar refractivity (Wildman–Crippen MR) is 55.7 cm³/mol. The second-order valence-electron chi connectivity index (χ2n) is 4.13. The fourth-order valence-electron chi connectivity index (χ4n) is 1.62.